The second-order valence-corrected chi connectivity index (χ2v) is 4.01. The van der Waals surface area contributed by atoms with Crippen molar-refractivity contribution in [2.24, 2.45) is 0 Å². The Morgan fingerprint density at radius 1 is 1.21 bits per heavy atom. The highest BCUT2D eigenvalue weighted by molar-refractivity contribution is 14.1. The third-order valence-electron chi connectivity index (χ3n) is 1.86. The molecule has 0 spiro atoms. The zero-order valence-electron chi connectivity index (χ0n) is 7.22. The van der Waals surface area contributed by atoms with Gasteiger partial charge in [-0.2, -0.15) is 5.10 Å². The Morgan fingerprint density at radius 3 is 2.57 bits per heavy atom. The Labute approximate surface area is 94.9 Å². The number of halogens is 1. The van der Waals surface area contributed by atoms with Crippen molar-refractivity contribution in [1.29, 1.82) is 0 Å². The van der Waals surface area contributed by atoms with Crippen LogP contribution in [0.15, 0.2) is 36.5 Å². The second kappa shape index (κ2) is 3.91. The van der Waals surface area contributed by atoms with Crippen LogP contribution in [0.4, 0.5) is 0 Å². The van der Waals surface area contributed by atoms with E-state index in [2.05, 4.69) is 27.7 Å². The molecule has 14 heavy (non-hydrogen) atoms. The van der Waals surface area contributed by atoms with Crippen LogP contribution < -0.4 is 0 Å². The van der Waals surface area contributed by atoms with Gasteiger partial charge in [0.1, 0.15) is 5.69 Å². The Bertz CT molecular complexity index is 447. The van der Waals surface area contributed by atoms with Crippen molar-refractivity contribution < 1.29 is 4.79 Å². The van der Waals surface area contributed by atoms with Crippen molar-refractivity contribution in [3.8, 4) is 5.69 Å². The Morgan fingerprint density at radius 2 is 1.93 bits per heavy atom. The fourth-order valence-electron chi connectivity index (χ4n) is 1.20. The molecule has 0 aliphatic heterocycles. The first-order valence-electron chi connectivity index (χ1n) is 4.06. The quantitative estimate of drug-likeness (QED) is 0.630. The summed E-state index contributed by atoms with van der Waals surface area (Å²) in [4.78, 5) is 10.7. The highest BCUT2D eigenvalue weighted by atomic mass is 127. The molecule has 0 bridgehead atoms. The summed E-state index contributed by atoms with van der Waals surface area (Å²) in [6.07, 6.45) is 2.41. The molecule has 3 nitrogen and oxygen atoms in total. The highest BCUT2D eigenvalue weighted by Gasteiger charge is 2.02. The van der Waals surface area contributed by atoms with Crippen molar-refractivity contribution in [3.63, 3.8) is 0 Å². The van der Waals surface area contributed by atoms with Crippen molar-refractivity contribution in [2.75, 3.05) is 0 Å². The summed E-state index contributed by atoms with van der Waals surface area (Å²) in [5, 5.41) is 4.07. The van der Waals surface area contributed by atoms with Gasteiger partial charge in [-0.15, -0.1) is 0 Å². The number of nitrogens with zero attached hydrogens (tertiary/aromatic N) is 2. The van der Waals surface area contributed by atoms with Crippen LogP contribution in [-0.2, 0) is 0 Å². The molecule has 1 heterocycles. The third kappa shape index (κ3) is 1.70. The number of aldehydes is 1. The third-order valence-corrected chi connectivity index (χ3v) is 2.58. The van der Waals surface area contributed by atoms with Gasteiger partial charge in [0, 0.05) is 3.57 Å². The topological polar surface area (TPSA) is 34.9 Å². The molecule has 0 saturated heterocycles. The maximum absolute atomic E-state index is 10.7. The zero-order valence-corrected chi connectivity index (χ0v) is 9.38. The van der Waals surface area contributed by atoms with Crippen molar-refractivity contribution in [2.45, 2.75) is 0 Å². The predicted octanol–water partition coefficient (Wildman–Crippen LogP) is 2.29. The van der Waals surface area contributed by atoms with Gasteiger partial charge in [0.25, 0.3) is 0 Å². The van der Waals surface area contributed by atoms with E-state index in [4.69, 9.17) is 0 Å². The van der Waals surface area contributed by atoms with E-state index in [9.17, 15) is 4.79 Å². The van der Waals surface area contributed by atoms with E-state index < -0.39 is 0 Å². The van der Waals surface area contributed by atoms with Gasteiger partial charge < -0.3 is 0 Å². The van der Waals surface area contributed by atoms with Gasteiger partial charge in [-0.3, -0.25) is 4.79 Å². The number of aromatic nitrogens is 2. The lowest BCUT2D eigenvalue weighted by Crippen LogP contribution is -2.00. The van der Waals surface area contributed by atoms with E-state index in [-0.39, 0.29) is 0 Å². The summed E-state index contributed by atoms with van der Waals surface area (Å²) >= 11 is 2.23. The summed E-state index contributed by atoms with van der Waals surface area (Å²) in [5.74, 6) is 0. The molecule has 2 rings (SSSR count). The number of rotatable bonds is 2. The molecule has 4 heteroatoms. The van der Waals surface area contributed by atoms with E-state index in [1.165, 1.54) is 0 Å². The Hall–Kier alpha value is -1.17. The standard InChI is InChI=1S/C10H7IN2O/c11-8-1-3-9(4-2-8)13-10(7-14)5-6-12-13/h1-7H. The van der Waals surface area contributed by atoms with Crippen molar-refractivity contribution in [3.05, 3.63) is 45.8 Å². The minimum Gasteiger partial charge on any atom is -0.296 e. The van der Waals surface area contributed by atoms with E-state index in [1.54, 1.807) is 16.9 Å². The normalized spacial score (nSPS) is 10.1. The van der Waals surface area contributed by atoms with Gasteiger partial charge in [0.15, 0.2) is 6.29 Å². The molecule has 70 valence electrons. The number of carbonyl (C=O) groups is 1. The molecule has 1 aromatic heterocycles. The molecule has 1 aromatic carbocycles. The first-order valence-corrected chi connectivity index (χ1v) is 5.14. The molecule has 0 atom stereocenters. The van der Waals surface area contributed by atoms with Crippen molar-refractivity contribution >= 4 is 28.9 Å². The van der Waals surface area contributed by atoms with Crippen LogP contribution in [0.1, 0.15) is 10.5 Å². The van der Waals surface area contributed by atoms with Crippen LogP contribution in [-0.4, -0.2) is 16.1 Å². The lowest BCUT2D eigenvalue weighted by molar-refractivity contribution is 0.111. The highest BCUT2D eigenvalue weighted by Crippen LogP contribution is 2.11. The summed E-state index contributed by atoms with van der Waals surface area (Å²) in [6, 6.07) is 9.51. The minimum atomic E-state index is 0.561. The molecule has 0 saturated carbocycles. The van der Waals surface area contributed by atoms with Crippen LogP contribution in [0, 0.1) is 3.57 Å². The Kier molecular flexibility index (Phi) is 2.62. The molecule has 0 unspecified atom stereocenters. The maximum atomic E-state index is 10.7. The summed E-state index contributed by atoms with van der Waals surface area (Å²) in [6.45, 7) is 0. The van der Waals surface area contributed by atoms with Crippen LogP contribution in [0.25, 0.3) is 5.69 Å². The van der Waals surface area contributed by atoms with Gasteiger partial charge in [-0.25, -0.2) is 4.68 Å². The first-order chi connectivity index (χ1) is 6.81. The van der Waals surface area contributed by atoms with Gasteiger partial charge in [0.2, 0.25) is 0 Å². The van der Waals surface area contributed by atoms with Gasteiger partial charge in [-0.05, 0) is 52.9 Å². The molecule has 2 aromatic rings. The maximum Gasteiger partial charge on any atom is 0.168 e. The van der Waals surface area contributed by atoms with E-state index in [0.717, 1.165) is 15.5 Å². The van der Waals surface area contributed by atoms with Gasteiger partial charge >= 0.3 is 0 Å². The lowest BCUT2D eigenvalue weighted by atomic mass is 10.3. The van der Waals surface area contributed by atoms with Gasteiger partial charge in [0.05, 0.1) is 11.9 Å². The first kappa shape index (κ1) is 9.39. The lowest BCUT2D eigenvalue weighted by Gasteiger charge is -2.02. The number of benzene rings is 1. The van der Waals surface area contributed by atoms with Crippen molar-refractivity contribution in [1.82, 2.24) is 9.78 Å². The molecule has 0 fully saturated rings. The molecule has 0 aliphatic carbocycles. The molecule has 0 N–H and O–H groups in total. The molecule has 0 amide bonds. The average molecular weight is 298 g/mol. The fraction of sp³-hybridized carbons (Fsp3) is 0. The Balaban J connectivity index is 2.49. The largest absolute Gasteiger partial charge is 0.296 e. The fourth-order valence-corrected chi connectivity index (χ4v) is 1.56. The van der Waals surface area contributed by atoms with Crippen LogP contribution in [0.2, 0.25) is 0 Å². The summed E-state index contributed by atoms with van der Waals surface area (Å²) in [7, 11) is 0. The number of hydrogen-bond acceptors (Lipinski definition) is 2. The number of carbonyl (C=O) groups excluding carboxylic acids is 1. The van der Waals surface area contributed by atoms with Crippen LogP contribution in [0.5, 0.6) is 0 Å². The molecular formula is C10H7IN2O. The average Bonchev–Trinajstić information content (AvgIpc) is 2.67. The predicted molar refractivity (Wildman–Crippen MR) is 61.7 cm³/mol. The zero-order chi connectivity index (χ0) is 9.97. The molecule has 0 aliphatic rings. The van der Waals surface area contributed by atoms with Crippen LogP contribution >= 0.6 is 22.6 Å². The van der Waals surface area contributed by atoms with E-state index in [0.29, 0.717) is 5.69 Å². The minimum absolute atomic E-state index is 0.561. The SMILES string of the molecule is O=Cc1ccnn1-c1ccc(I)cc1. The monoisotopic (exact) mass is 298 g/mol. The summed E-state index contributed by atoms with van der Waals surface area (Å²) < 4.78 is 2.77. The molecule has 0 radical (unpaired) electrons. The smallest absolute Gasteiger partial charge is 0.168 e. The number of hydrogen-bond donors (Lipinski definition) is 0. The van der Waals surface area contributed by atoms with Crippen LogP contribution in [0.3, 0.4) is 0 Å². The summed E-state index contributed by atoms with van der Waals surface area (Å²) in [5.41, 5.74) is 1.46. The van der Waals surface area contributed by atoms with E-state index in [1.807, 2.05) is 24.3 Å². The van der Waals surface area contributed by atoms with Gasteiger partial charge in [-0.1, -0.05) is 0 Å². The second-order valence-electron chi connectivity index (χ2n) is 2.76. The molecular weight excluding hydrogens is 291 g/mol. The van der Waals surface area contributed by atoms with E-state index >= 15 is 0 Å².